The molecule has 1 atom stereocenters. The predicted molar refractivity (Wildman–Crippen MR) is 93.5 cm³/mol. The molecule has 0 heterocycles. The van der Waals surface area contributed by atoms with Crippen LogP contribution in [0, 0.1) is 0 Å². The highest BCUT2D eigenvalue weighted by molar-refractivity contribution is 5.84. The molecule has 24 heavy (non-hydrogen) atoms. The minimum Gasteiger partial charge on any atom is -0.462 e. The first kappa shape index (κ1) is 24.6. The fraction of sp³-hybridized carbons (Fsp3) is 0.824. The van der Waals surface area contributed by atoms with Gasteiger partial charge in [0, 0.05) is 19.5 Å². The summed E-state index contributed by atoms with van der Waals surface area (Å²) in [5, 5.41) is 5.60. The van der Waals surface area contributed by atoms with Crippen LogP contribution in [0.1, 0.15) is 60.8 Å². The Morgan fingerprint density at radius 3 is 2.00 bits per heavy atom. The molecule has 1 aliphatic carbocycles. The van der Waals surface area contributed by atoms with E-state index in [-0.39, 0.29) is 17.6 Å². The number of nitrogens with one attached hydrogen (secondary N) is 2. The van der Waals surface area contributed by atoms with Crippen LogP contribution in [0.5, 0.6) is 0 Å². The van der Waals surface area contributed by atoms with Gasteiger partial charge < -0.3 is 20.1 Å². The normalized spacial score (nSPS) is 14.0. The number of carbonyl (C=O) groups is 3. The molecule has 2 N–H and O–H groups in total. The molecular formula is C17H34N2O5. The second-order valence-electron chi connectivity index (χ2n) is 6.47. The highest BCUT2D eigenvalue weighted by Crippen LogP contribution is 2.18. The minimum atomic E-state index is -0.710. The van der Waals surface area contributed by atoms with Crippen LogP contribution in [0.4, 0.5) is 0 Å². The molecule has 0 aromatic carbocycles. The summed E-state index contributed by atoms with van der Waals surface area (Å²) in [6.07, 6.45) is 2.59. The fourth-order valence-electron chi connectivity index (χ4n) is 1.24. The van der Waals surface area contributed by atoms with Gasteiger partial charge in [-0.1, -0.05) is 20.3 Å². The summed E-state index contributed by atoms with van der Waals surface area (Å²) in [6, 6.07) is 0.289. The molecule has 7 heteroatoms. The first-order valence-electron chi connectivity index (χ1n) is 8.34. The van der Waals surface area contributed by atoms with Crippen molar-refractivity contribution >= 4 is 18.3 Å². The number of esters is 1. The molecule has 0 aliphatic heterocycles. The van der Waals surface area contributed by atoms with E-state index in [0.717, 1.165) is 12.8 Å². The Labute approximate surface area is 145 Å². The van der Waals surface area contributed by atoms with Gasteiger partial charge in [0.1, 0.15) is 5.60 Å². The average molecular weight is 346 g/mol. The van der Waals surface area contributed by atoms with Crippen LogP contribution in [0.15, 0.2) is 0 Å². The Balaban J connectivity index is 0. The zero-order chi connectivity index (χ0) is 19.2. The monoisotopic (exact) mass is 346 g/mol. The highest BCUT2D eigenvalue weighted by atomic mass is 16.5. The van der Waals surface area contributed by atoms with Crippen molar-refractivity contribution in [2.75, 3.05) is 13.6 Å². The van der Waals surface area contributed by atoms with Crippen LogP contribution < -0.4 is 10.6 Å². The molecule has 0 radical (unpaired) electrons. The third-order valence-corrected chi connectivity index (χ3v) is 2.32. The molecule has 1 aliphatic rings. The second-order valence-corrected chi connectivity index (χ2v) is 6.47. The lowest BCUT2D eigenvalue weighted by atomic mass is 10.2. The van der Waals surface area contributed by atoms with E-state index in [1.165, 1.54) is 13.3 Å². The molecule has 142 valence electrons. The molecule has 0 bridgehead atoms. The Morgan fingerprint density at radius 2 is 1.75 bits per heavy atom. The number of carbonyl (C=O) groups excluding carboxylic acids is 3. The van der Waals surface area contributed by atoms with Crippen molar-refractivity contribution in [2.24, 2.45) is 0 Å². The first-order valence-corrected chi connectivity index (χ1v) is 8.34. The lowest BCUT2D eigenvalue weighted by Crippen LogP contribution is -2.43. The number of hydrogen-bond donors (Lipinski definition) is 2. The van der Waals surface area contributed by atoms with Gasteiger partial charge >= 0.3 is 5.97 Å². The largest absolute Gasteiger partial charge is 0.462 e. The smallest absolute Gasteiger partial charge is 0.303 e. The molecule has 0 spiro atoms. The van der Waals surface area contributed by atoms with E-state index in [4.69, 9.17) is 4.74 Å². The van der Waals surface area contributed by atoms with Gasteiger partial charge in [-0.3, -0.25) is 14.4 Å². The van der Waals surface area contributed by atoms with Gasteiger partial charge in [0.2, 0.25) is 0 Å². The van der Waals surface area contributed by atoms with Crippen molar-refractivity contribution in [2.45, 2.75) is 78.6 Å². The van der Waals surface area contributed by atoms with Crippen molar-refractivity contribution in [3.05, 3.63) is 0 Å². The number of rotatable bonds is 6. The third-order valence-electron chi connectivity index (χ3n) is 2.32. The maximum atomic E-state index is 11.5. The Bertz CT molecular complexity index is 362. The van der Waals surface area contributed by atoms with E-state index in [1.807, 2.05) is 20.8 Å². The SMILES string of the molecule is CC(C)(C)OC=O.CCC.CNCC(OC(C)=O)C(=O)NC1CC1. The maximum absolute atomic E-state index is 11.5. The summed E-state index contributed by atoms with van der Waals surface area (Å²) in [7, 11) is 1.71. The van der Waals surface area contributed by atoms with Crippen molar-refractivity contribution in [1.29, 1.82) is 0 Å². The van der Waals surface area contributed by atoms with E-state index < -0.39 is 12.1 Å². The van der Waals surface area contributed by atoms with Gasteiger partial charge in [-0.2, -0.15) is 0 Å². The quantitative estimate of drug-likeness (QED) is 0.562. The summed E-state index contributed by atoms with van der Waals surface area (Å²) >= 11 is 0. The topological polar surface area (TPSA) is 93.7 Å². The molecular weight excluding hydrogens is 312 g/mol. The lowest BCUT2D eigenvalue weighted by molar-refractivity contribution is -0.153. The summed E-state index contributed by atoms with van der Waals surface area (Å²) in [5.74, 6) is -0.645. The van der Waals surface area contributed by atoms with Gasteiger partial charge in [-0.05, 0) is 40.7 Å². The standard InChI is InChI=1S/C9H16N2O3.C5H10O2.C3H8/c1-6(12)14-8(5-10-2)9(13)11-7-3-4-7;1-5(2,3)7-4-6;1-3-2/h7-8,10H,3-5H2,1-2H3,(H,11,13);4H,1-3H3;3H2,1-2H3. The number of ether oxygens (including phenoxy) is 2. The zero-order valence-electron chi connectivity index (χ0n) is 16.1. The van der Waals surface area contributed by atoms with Crippen molar-refractivity contribution in [3.8, 4) is 0 Å². The Hall–Kier alpha value is -1.63. The molecule has 1 unspecified atom stereocenters. The summed E-state index contributed by atoms with van der Waals surface area (Å²) in [6.45, 7) is 11.8. The van der Waals surface area contributed by atoms with Crippen LogP contribution in [0.2, 0.25) is 0 Å². The lowest BCUT2D eigenvalue weighted by Gasteiger charge is -2.15. The minimum absolute atomic E-state index is 0.211. The maximum Gasteiger partial charge on any atom is 0.303 e. The Morgan fingerprint density at radius 1 is 1.25 bits per heavy atom. The second kappa shape index (κ2) is 13.8. The summed E-state index contributed by atoms with van der Waals surface area (Å²) in [4.78, 5) is 31.8. The van der Waals surface area contributed by atoms with E-state index >= 15 is 0 Å². The molecule has 1 amide bonds. The summed E-state index contributed by atoms with van der Waals surface area (Å²) in [5.41, 5.74) is -0.318. The van der Waals surface area contributed by atoms with Crippen LogP contribution in [0.25, 0.3) is 0 Å². The molecule has 0 saturated heterocycles. The molecule has 1 fully saturated rings. The van der Waals surface area contributed by atoms with Gasteiger partial charge in [-0.25, -0.2) is 0 Å². The predicted octanol–water partition coefficient (Wildman–Crippen LogP) is 1.79. The number of amides is 1. The van der Waals surface area contributed by atoms with Crippen LogP contribution >= 0.6 is 0 Å². The van der Waals surface area contributed by atoms with Crippen LogP contribution in [-0.2, 0) is 23.9 Å². The average Bonchev–Trinajstić information content (AvgIpc) is 3.22. The molecule has 1 saturated carbocycles. The zero-order valence-corrected chi connectivity index (χ0v) is 16.1. The first-order chi connectivity index (χ1) is 11.1. The van der Waals surface area contributed by atoms with E-state index in [0.29, 0.717) is 13.0 Å². The molecule has 0 aromatic heterocycles. The number of likely N-dealkylation sites (N-methyl/N-ethyl adjacent to an activating group) is 1. The van der Waals surface area contributed by atoms with Crippen LogP contribution in [-0.4, -0.2) is 49.7 Å². The molecule has 7 nitrogen and oxygen atoms in total. The van der Waals surface area contributed by atoms with Gasteiger partial charge in [0.15, 0.2) is 6.10 Å². The highest BCUT2D eigenvalue weighted by Gasteiger charge is 2.28. The van der Waals surface area contributed by atoms with E-state index in [1.54, 1.807) is 7.05 Å². The van der Waals surface area contributed by atoms with E-state index in [2.05, 4.69) is 29.2 Å². The summed E-state index contributed by atoms with van der Waals surface area (Å²) < 4.78 is 9.42. The van der Waals surface area contributed by atoms with Crippen LogP contribution in [0.3, 0.4) is 0 Å². The van der Waals surface area contributed by atoms with Gasteiger partial charge in [0.05, 0.1) is 0 Å². The van der Waals surface area contributed by atoms with Gasteiger partial charge in [0.25, 0.3) is 12.4 Å². The van der Waals surface area contributed by atoms with Gasteiger partial charge in [-0.15, -0.1) is 0 Å². The third kappa shape index (κ3) is 18.4. The Kier molecular flexibility index (Phi) is 14.1. The molecule has 0 aromatic rings. The van der Waals surface area contributed by atoms with Crippen molar-refractivity contribution < 1.29 is 23.9 Å². The van der Waals surface area contributed by atoms with Crippen molar-refractivity contribution in [3.63, 3.8) is 0 Å². The fourth-order valence-corrected chi connectivity index (χ4v) is 1.24. The molecule has 1 rings (SSSR count). The van der Waals surface area contributed by atoms with Crippen molar-refractivity contribution in [1.82, 2.24) is 10.6 Å². The number of hydrogen-bond acceptors (Lipinski definition) is 6. The van der Waals surface area contributed by atoms with E-state index in [9.17, 15) is 14.4 Å².